The number of rotatable bonds is 14. The second-order valence-electron chi connectivity index (χ2n) is 7.65. The van der Waals surface area contributed by atoms with Crippen LogP contribution in [-0.2, 0) is 15.9 Å². The number of nitrogens with one attached hydrogen (secondary N) is 2. The van der Waals surface area contributed by atoms with Crippen molar-refractivity contribution in [1.29, 1.82) is 0 Å². The first kappa shape index (κ1) is 23.6. The van der Waals surface area contributed by atoms with Gasteiger partial charge in [0, 0.05) is 39.8 Å². The van der Waals surface area contributed by atoms with Gasteiger partial charge in [-0.3, -0.25) is 4.99 Å². The van der Waals surface area contributed by atoms with E-state index in [1.165, 1.54) is 24.9 Å². The summed E-state index contributed by atoms with van der Waals surface area (Å²) in [4.78, 5) is 6.89. The average Bonchev–Trinajstić information content (AvgIpc) is 3.22. The minimum Gasteiger partial charge on any atom is -0.379 e. The van der Waals surface area contributed by atoms with Crippen molar-refractivity contribution in [2.75, 3.05) is 66.2 Å². The molecular weight excluding hydrogens is 364 g/mol. The van der Waals surface area contributed by atoms with E-state index in [1.807, 2.05) is 7.05 Å². The van der Waals surface area contributed by atoms with Crippen LogP contribution in [0, 0.1) is 5.92 Å². The largest absolute Gasteiger partial charge is 0.379 e. The molecule has 1 atom stereocenters. The Labute approximate surface area is 177 Å². The van der Waals surface area contributed by atoms with Gasteiger partial charge in [0.1, 0.15) is 0 Å². The van der Waals surface area contributed by atoms with E-state index in [0.29, 0.717) is 25.7 Å². The summed E-state index contributed by atoms with van der Waals surface area (Å²) in [5.74, 6) is 1.54. The lowest BCUT2D eigenvalue weighted by Gasteiger charge is -2.17. The summed E-state index contributed by atoms with van der Waals surface area (Å²) >= 11 is 0. The summed E-state index contributed by atoms with van der Waals surface area (Å²) in [6.07, 6.45) is 4.67. The SMILES string of the molecule is CCCCOCCOCCNC(=NC)NCC1CCN(CCc2ccccc2)C1. The standard InChI is InChI=1S/C23H40N4O2/c1-3-4-15-28-17-18-29-16-12-25-23(24-2)26-19-22-11-14-27(20-22)13-10-21-8-6-5-7-9-21/h5-9,22H,3-4,10-20H2,1-2H3,(H2,24,25,26). The predicted octanol–water partition coefficient (Wildman–Crippen LogP) is 2.55. The molecule has 0 spiro atoms. The molecular formula is C23H40N4O2. The molecule has 164 valence electrons. The molecule has 1 aromatic rings. The van der Waals surface area contributed by atoms with Gasteiger partial charge in [-0.2, -0.15) is 0 Å². The molecule has 6 nitrogen and oxygen atoms in total. The number of unbranched alkanes of at least 4 members (excludes halogenated alkanes) is 1. The van der Waals surface area contributed by atoms with Crippen LogP contribution in [-0.4, -0.2) is 77.1 Å². The van der Waals surface area contributed by atoms with Gasteiger partial charge in [-0.1, -0.05) is 43.7 Å². The van der Waals surface area contributed by atoms with Crippen molar-refractivity contribution in [2.45, 2.75) is 32.6 Å². The zero-order valence-electron chi connectivity index (χ0n) is 18.4. The highest BCUT2D eigenvalue weighted by Crippen LogP contribution is 2.15. The molecule has 1 aliphatic heterocycles. The molecule has 1 unspecified atom stereocenters. The molecule has 0 saturated carbocycles. The van der Waals surface area contributed by atoms with Crippen LogP contribution in [0.5, 0.6) is 0 Å². The molecule has 2 rings (SSSR count). The van der Waals surface area contributed by atoms with Crippen LogP contribution in [0.25, 0.3) is 0 Å². The fourth-order valence-electron chi connectivity index (χ4n) is 3.49. The average molecular weight is 405 g/mol. The summed E-state index contributed by atoms with van der Waals surface area (Å²) < 4.78 is 11.1. The molecule has 0 aliphatic carbocycles. The van der Waals surface area contributed by atoms with Gasteiger partial charge in [-0.15, -0.1) is 0 Å². The maximum absolute atomic E-state index is 5.59. The summed E-state index contributed by atoms with van der Waals surface area (Å²) in [5.41, 5.74) is 1.42. The van der Waals surface area contributed by atoms with Gasteiger partial charge in [0.25, 0.3) is 0 Å². The molecule has 0 amide bonds. The Morgan fingerprint density at radius 3 is 2.66 bits per heavy atom. The van der Waals surface area contributed by atoms with Crippen LogP contribution in [0.4, 0.5) is 0 Å². The molecule has 1 saturated heterocycles. The number of likely N-dealkylation sites (tertiary alicyclic amines) is 1. The van der Waals surface area contributed by atoms with Crippen LogP contribution in [0.2, 0.25) is 0 Å². The summed E-state index contributed by atoms with van der Waals surface area (Å²) in [6, 6.07) is 10.8. The third-order valence-electron chi connectivity index (χ3n) is 5.26. The van der Waals surface area contributed by atoms with Gasteiger partial charge in [0.2, 0.25) is 0 Å². The number of nitrogens with zero attached hydrogens (tertiary/aromatic N) is 2. The van der Waals surface area contributed by atoms with Crippen molar-refractivity contribution in [2.24, 2.45) is 10.9 Å². The number of ether oxygens (including phenoxy) is 2. The highest BCUT2D eigenvalue weighted by molar-refractivity contribution is 5.79. The Hall–Kier alpha value is -1.63. The van der Waals surface area contributed by atoms with E-state index in [2.05, 4.69) is 57.8 Å². The summed E-state index contributed by atoms with van der Waals surface area (Å²) in [5, 5.41) is 6.78. The van der Waals surface area contributed by atoms with E-state index >= 15 is 0 Å². The van der Waals surface area contributed by atoms with Crippen LogP contribution in [0.3, 0.4) is 0 Å². The molecule has 29 heavy (non-hydrogen) atoms. The van der Waals surface area contributed by atoms with E-state index in [1.54, 1.807) is 0 Å². The van der Waals surface area contributed by atoms with E-state index in [0.717, 1.165) is 51.6 Å². The summed E-state index contributed by atoms with van der Waals surface area (Å²) in [7, 11) is 1.82. The van der Waals surface area contributed by atoms with Gasteiger partial charge < -0.3 is 25.0 Å². The molecule has 6 heteroatoms. The zero-order chi connectivity index (χ0) is 20.6. The normalized spacial score (nSPS) is 17.6. The van der Waals surface area contributed by atoms with Crippen molar-refractivity contribution in [3.63, 3.8) is 0 Å². The first-order valence-corrected chi connectivity index (χ1v) is 11.2. The smallest absolute Gasteiger partial charge is 0.191 e. The first-order valence-electron chi connectivity index (χ1n) is 11.2. The van der Waals surface area contributed by atoms with Crippen molar-refractivity contribution >= 4 is 5.96 Å². The molecule has 1 aliphatic rings. The minimum atomic E-state index is 0.651. The lowest BCUT2D eigenvalue weighted by Crippen LogP contribution is -2.41. The number of benzene rings is 1. The molecule has 1 heterocycles. The van der Waals surface area contributed by atoms with E-state index in [4.69, 9.17) is 9.47 Å². The molecule has 1 fully saturated rings. The third kappa shape index (κ3) is 10.6. The fourth-order valence-corrected chi connectivity index (χ4v) is 3.49. The van der Waals surface area contributed by atoms with E-state index in [9.17, 15) is 0 Å². The second-order valence-corrected chi connectivity index (χ2v) is 7.65. The maximum atomic E-state index is 5.59. The Bertz CT molecular complexity index is 553. The van der Waals surface area contributed by atoms with Crippen LogP contribution < -0.4 is 10.6 Å². The van der Waals surface area contributed by atoms with Gasteiger partial charge in [-0.25, -0.2) is 0 Å². The Morgan fingerprint density at radius 2 is 1.90 bits per heavy atom. The van der Waals surface area contributed by atoms with Crippen LogP contribution in [0.15, 0.2) is 35.3 Å². The maximum Gasteiger partial charge on any atom is 0.191 e. The minimum absolute atomic E-state index is 0.651. The molecule has 0 bridgehead atoms. The molecule has 0 radical (unpaired) electrons. The van der Waals surface area contributed by atoms with Gasteiger partial charge in [0.15, 0.2) is 5.96 Å². The van der Waals surface area contributed by atoms with E-state index in [-0.39, 0.29) is 0 Å². The Balaban J connectivity index is 1.49. The van der Waals surface area contributed by atoms with Crippen LogP contribution >= 0.6 is 0 Å². The molecule has 0 aromatic heterocycles. The lowest BCUT2D eigenvalue weighted by atomic mass is 10.1. The molecule has 2 N–H and O–H groups in total. The van der Waals surface area contributed by atoms with Crippen molar-refractivity contribution < 1.29 is 9.47 Å². The Morgan fingerprint density at radius 1 is 1.10 bits per heavy atom. The highest BCUT2D eigenvalue weighted by Gasteiger charge is 2.22. The Kier molecular flexibility index (Phi) is 12.4. The third-order valence-corrected chi connectivity index (χ3v) is 5.26. The van der Waals surface area contributed by atoms with E-state index < -0.39 is 0 Å². The van der Waals surface area contributed by atoms with Gasteiger partial charge >= 0.3 is 0 Å². The van der Waals surface area contributed by atoms with Crippen molar-refractivity contribution in [3.8, 4) is 0 Å². The zero-order valence-corrected chi connectivity index (χ0v) is 18.4. The second kappa shape index (κ2) is 15.2. The van der Waals surface area contributed by atoms with Gasteiger partial charge in [-0.05, 0) is 37.3 Å². The number of guanidine groups is 1. The van der Waals surface area contributed by atoms with Gasteiger partial charge in [0.05, 0.1) is 19.8 Å². The highest BCUT2D eigenvalue weighted by atomic mass is 16.5. The predicted molar refractivity (Wildman–Crippen MR) is 121 cm³/mol. The van der Waals surface area contributed by atoms with Crippen molar-refractivity contribution in [3.05, 3.63) is 35.9 Å². The summed E-state index contributed by atoms with van der Waals surface area (Å²) in [6.45, 7) is 10.2. The van der Waals surface area contributed by atoms with Crippen molar-refractivity contribution in [1.82, 2.24) is 15.5 Å². The molecule has 1 aromatic carbocycles. The quantitative estimate of drug-likeness (QED) is 0.284. The fraction of sp³-hybridized carbons (Fsp3) is 0.696. The monoisotopic (exact) mass is 404 g/mol. The number of aliphatic imine (C=N–C) groups is 1. The number of hydrogen-bond donors (Lipinski definition) is 2. The van der Waals surface area contributed by atoms with Crippen LogP contribution in [0.1, 0.15) is 31.7 Å². The topological polar surface area (TPSA) is 58.1 Å². The number of hydrogen-bond acceptors (Lipinski definition) is 4. The lowest BCUT2D eigenvalue weighted by molar-refractivity contribution is 0.0487. The first-order chi connectivity index (χ1) is 14.3.